The standard InChI is InChI=1S/C17H22ClNO3/c1-4-22-17(21)15(11-12(2)3)19-16(20)10-7-13-5-8-14(18)9-6-13/h5-10,12,15H,4,11H2,1-3H3,(H,19,20)/b10-7+/t15-/m1/s1. The third kappa shape index (κ3) is 6.76. The van der Waals surface area contributed by atoms with E-state index in [1.54, 1.807) is 25.1 Å². The number of rotatable bonds is 7. The van der Waals surface area contributed by atoms with Crippen molar-refractivity contribution in [3.05, 3.63) is 40.9 Å². The molecule has 0 saturated carbocycles. The van der Waals surface area contributed by atoms with Crippen LogP contribution in [0.5, 0.6) is 0 Å². The largest absolute Gasteiger partial charge is 0.464 e. The molecule has 1 rings (SSSR count). The van der Waals surface area contributed by atoms with Crippen LogP contribution in [0.3, 0.4) is 0 Å². The van der Waals surface area contributed by atoms with Crippen LogP contribution in [-0.2, 0) is 14.3 Å². The second-order valence-electron chi connectivity index (χ2n) is 5.33. The van der Waals surface area contributed by atoms with E-state index < -0.39 is 12.0 Å². The quantitative estimate of drug-likeness (QED) is 0.617. The van der Waals surface area contributed by atoms with Crippen LogP contribution in [0, 0.1) is 5.92 Å². The molecule has 0 fully saturated rings. The summed E-state index contributed by atoms with van der Waals surface area (Å²) >= 11 is 5.80. The minimum Gasteiger partial charge on any atom is -0.464 e. The molecular formula is C17H22ClNO3. The van der Waals surface area contributed by atoms with Gasteiger partial charge in [-0.05, 0) is 43.0 Å². The summed E-state index contributed by atoms with van der Waals surface area (Å²) in [5, 5.41) is 3.33. The van der Waals surface area contributed by atoms with Gasteiger partial charge in [-0.1, -0.05) is 37.6 Å². The van der Waals surface area contributed by atoms with Crippen molar-refractivity contribution in [2.45, 2.75) is 33.2 Å². The molecule has 0 saturated heterocycles. The molecular weight excluding hydrogens is 302 g/mol. The second kappa shape index (κ2) is 9.26. The van der Waals surface area contributed by atoms with Gasteiger partial charge in [-0.3, -0.25) is 4.79 Å². The van der Waals surface area contributed by atoms with E-state index in [9.17, 15) is 9.59 Å². The van der Waals surface area contributed by atoms with Crippen LogP contribution >= 0.6 is 11.6 Å². The van der Waals surface area contributed by atoms with Crippen molar-refractivity contribution in [3.63, 3.8) is 0 Å². The number of hydrogen-bond acceptors (Lipinski definition) is 3. The number of halogens is 1. The molecule has 0 heterocycles. The maximum absolute atomic E-state index is 12.0. The third-order valence-corrected chi connectivity index (χ3v) is 3.14. The lowest BCUT2D eigenvalue weighted by Crippen LogP contribution is -2.42. The molecule has 0 unspecified atom stereocenters. The fraction of sp³-hybridized carbons (Fsp3) is 0.412. The first-order valence-corrected chi connectivity index (χ1v) is 7.71. The summed E-state index contributed by atoms with van der Waals surface area (Å²) in [6, 6.07) is 6.49. The molecule has 1 amide bonds. The fourth-order valence-electron chi connectivity index (χ4n) is 1.89. The summed E-state index contributed by atoms with van der Waals surface area (Å²) in [5.74, 6) is -0.451. The van der Waals surface area contributed by atoms with Crippen molar-refractivity contribution in [1.29, 1.82) is 0 Å². The van der Waals surface area contributed by atoms with Gasteiger partial charge in [-0.25, -0.2) is 4.79 Å². The van der Waals surface area contributed by atoms with E-state index in [-0.39, 0.29) is 11.8 Å². The second-order valence-corrected chi connectivity index (χ2v) is 5.76. The topological polar surface area (TPSA) is 55.4 Å². The summed E-state index contributed by atoms with van der Waals surface area (Å²) < 4.78 is 4.99. The fourth-order valence-corrected chi connectivity index (χ4v) is 2.02. The number of nitrogens with one attached hydrogen (secondary N) is 1. The Bertz CT molecular complexity index is 523. The highest BCUT2D eigenvalue weighted by Gasteiger charge is 2.22. The maximum Gasteiger partial charge on any atom is 0.328 e. The lowest BCUT2D eigenvalue weighted by atomic mass is 10.0. The average Bonchev–Trinajstić information content (AvgIpc) is 2.46. The smallest absolute Gasteiger partial charge is 0.328 e. The lowest BCUT2D eigenvalue weighted by Gasteiger charge is -2.18. The Balaban J connectivity index is 2.65. The Kier molecular flexibility index (Phi) is 7.67. The van der Waals surface area contributed by atoms with E-state index in [2.05, 4.69) is 5.32 Å². The molecule has 5 heteroatoms. The Morgan fingerprint density at radius 1 is 1.27 bits per heavy atom. The first-order chi connectivity index (χ1) is 10.4. The highest BCUT2D eigenvalue weighted by atomic mass is 35.5. The van der Waals surface area contributed by atoms with Crippen molar-refractivity contribution in [2.24, 2.45) is 5.92 Å². The number of carbonyl (C=O) groups excluding carboxylic acids is 2. The van der Waals surface area contributed by atoms with Gasteiger partial charge in [0.15, 0.2) is 0 Å². The molecule has 0 radical (unpaired) electrons. The SMILES string of the molecule is CCOC(=O)[C@@H](CC(C)C)NC(=O)/C=C/c1ccc(Cl)cc1. The Morgan fingerprint density at radius 2 is 1.91 bits per heavy atom. The number of carbonyl (C=O) groups is 2. The van der Waals surface area contributed by atoms with E-state index in [0.717, 1.165) is 5.56 Å². The van der Waals surface area contributed by atoms with Crippen LogP contribution in [0.15, 0.2) is 30.3 Å². The summed E-state index contributed by atoms with van der Waals surface area (Å²) in [6.07, 6.45) is 3.61. The first kappa shape index (κ1) is 18.2. The normalized spacial score (nSPS) is 12.4. The molecule has 22 heavy (non-hydrogen) atoms. The van der Waals surface area contributed by atoms with Gasteiger partial charge in [-0.15, -0.1) is 0 Å². The van der Waals surface area contributed by atoms with E-state index in [4.69, 9.17) is 16.3 Å². The molecule has 0 aliphatic rings. The first-order valence-electron chi connectivity index (χ1n) is 7.33. The zero-order valence-electron chi connectivity index (χ0n) is 13.1. The summed E-state index contributed by atoms with van der Waals surface area (Å²) in [5.41, 5.74) is 0.857. The predicted molar refractivity (Wildman–Crippen MR) is 88.5 cm³/mol. The predicted octanol–water partition coefficient (Wildman–Crippen LogP) is 3.45. The van der Waals surface area contributed by atoms with Gasteiger partial charge in [0.1, 0.15) is 6.04 Å². The monoisotopic (exact) mass is 323 g/mol. The molecule has 1 aromatic rings. The van der Waals surface area contributed by atoms with Gasteiger partial charge in [0.05, 0.1) is 6.61 Å². The van der Waals surface area contributed by atoms with Gasteiger partial charge in [0, 0.05) is 11.1 Å². The number of benzene rings is 1. The molecule has 0 aliphatic carbocycles. The zero-order valence-corrected chi connectivity index (χ0v) is 13.9. The maximum atomic E-state index is 12.0. The zero-order chi connectivity index (χ0) is 16.5. The van der Waals surface area contributed by atoms with Crippen LogP contribution in [-0.4, -0.2) is 24.5 Å². The van der Waals surface area contributed by atoms with E-state index >= 15 is 0 Å². The summed E-state index contributed by atoms with van der Waals surface area (Å²) in [4.78, 5) is 23.8. The van der Waals surface area contributed by atoms with Crippen molar-refractivity contribution in [2.75, 3.05) is 6.61 Å². The molecule has 0 aromatic heterocycles. The van der Waals surface area contributed by atoms with Crippen LogP contribution in [0.2, 0.25) is 5.02 Å². The molecule has 1 aromatic carbocycles. The van der Waals surface area contributed by atoms with Crippen LogP contribution in [0.1, 0.15) is 32.8 Å². The minimum absolute atomic E-state index is 0.273. The van der Waals surface area contributed by atoms with Crippen molar-refractivity contribution >= 4 is 29.6 Å². The van der Waals surface area contributed by atoms with Gasteiger partial charge in [0.2, 0.25) is 5.91 Å². The van der Waals surface area contributed by atoms with E-state index in [1.807, 2.05) is 26.0 Å². The number of hydrogen-bond donors (Lipinski definition) is 1. The van der Waals surface area contributed by atoms with Gasteiger partial charge >= 0.3 is 5.97 Å². The number of esters is 1. The van der Waals surface area contributed by atoms with Gasteiger partial charge < -0.3 is 10.1 Å². The van der Waals surface area contributed by atoms with Crippen LogP contribution in [0.25, 0.3) is 6.08 Å². The molecule has 0 aliphatic heterocycles. The summed E-state index contributed by atoms with van der Waals surface area (Å²) in [7, 11) is 0. The average molecular weight is 324 g/mol. The van der Waals surface area contributed by atoms with Crippen molar-refractivity contribution in [1.82, 2.24) is 5.32 Å². The molecule has 1 N–H and O–H groups in total. The van der Waals surface area contributed by atoms with Crippen molar-refractivity contribution < 1.29 is 14.3 Å². The molecule has 120 valence electrons. The molecule has 4 nitrogen and oxygen atoms in total. The van der Waals surface area contributed by atoms with Crippen LogP contribution < -0.4 is 5.32 Å². The van der Waals surface area contributed by atoms with Gasteiger partial charge in [-0.2, -0.15) is 0 Å². The Hall–Kier alpha value is -1.81. The number of amides is 1. The molecule has 0 spiro atoms. The van der Waals surface area contributed by atoms with E-state index in [1.165, 1.54) is 6.08 Å². The molecule has 0 bridgehead atoms. The lowest BCUT2D eigenvalue weighted by molar-refractivity contribution is -0.147. The van der Waals surface area contributed by atoms with Crippen LogP contribution in [0.4, 0.5) is 0 Å². The summed E-state index contributed by atoms with van der Waals surface area (Å²) in [6.45, 7) is 6.01. The highest BCUT2D eigenvalue weighted by molar-refractivity contribution is 6.30. The number of ether oxygens (including phenoxy) is 1. The third-order valence-electron chi connectivity index (χ3n) is 2.89. The highest BCUT2D eigenvalue weighted by Crippen LogP contribution is 2.11. The van der Waals surface area contributed by atoms with Gasteiger partial charge in [0.25, 0.3) is 0 Å². The minimum atomic E-state index is -0.623. The van der Waals surface area contributed by atoms with Crippen molar-refractivity contribution in [3.8, 4) is 0 Å². The van der Waals surface area contributed by atoms with E-state index in [0.29, 0.717) is 18.1 Å². The molecule has 1 atom stereocenters. The Morgan fingerprint density at radius 3 is 2.45 bits per heavy atom. The Labute approximate surface area is 136 Å².